The first kappa shape index (κ1) is 22.4. The van der Waals surface area contributed by atoms with E-state index >= 15 is 0 Å². The molecule has 0 spiro atoms. The van der Waals surface area contributed by atoms with Gasteiger partial charge in [-0.05, 0) is 52.0 Å². The molecule has 144 valence electrons. The molecule has 0 saturated carbocycles. The lowest BCUT2D eigenvalue weighted by Gasteiger charge is -2.42. The molecule has 1 N–H and O–H groups in total. The maximum absolute atomic E-state index is 12.6. The molecule has 0 radical (unpaired) electrons. The standard InChI is InChI=1S/C17H23N3O4S.ClH/c1-3-24-16(22)14(18-15(21)13-7-5-4-6-8-13)17(25-19-23)9-11-20(2)12-10-17;/h4-8,14H,3,9-12H2,1-2H3,(H,18,21);1H. The number of carbonyl (C=O) groups is 2. The van der Waals surface area contributed by atoms with E-state index in [-0.39, 0.29) is 24.9 Å². The highest BCUT2D eigenvalue weighted by molar-refractivity contribution is 7.99. The second kappa shape index (κ2) is 10.5. The summed E-state index contributed by atoms with van der Waals surface area (Å²) in [6.07, 6.45) is 1.11. The summed E-state index contributed by atoms with van der Waals surface area (Å²) >= 11 is 0.828. The van der Waals surface area contributed by atoms with Crippen LogP contribution in [0.1, 0.15) is 30.1 Å². The highest BCUT2D eigenvalue weighted by Crippen LogP contribution is 2.40. The Morgan fingerprint density at radius 3 is 2.46 bits per heavy atom. The third kappa shape index (κ3) is 5.43. The fourth-order valence-electron chi connectivity index (χ4n) is 2.94. The van der Waals surface area contributed by atoms with Gasteiger partial charge >= 0.3 is 5.97 Å². The fraction of sp³-hybridized carbons (Fsp3) is 0.529. The molecule has 1 saturated heterocycles. The molecule has 1 fully saturated rings. The molecule has 1 atom stereocenters. The van der Waals surface area contributed by atoms with Gasteiger partial charge in [0.15, 0.2) is 0 Å². The Labute approximate surface area is 163 Å². The van der Waals surface area contributed by atoms with Crippen molar-refractivity contribution in [3.63, 3.8) is 0 Å². The highest BCUT2D eigenvalue weighted by Gasteiger charge is 2.48. The average Bonchev–Trinajstić information content (AvgIpc) is 2.63. The van der Waals surface area contributed by atoms with Crippen molar-refractivity contribution in [2.45, 2.75) is 30.6 Å². The molecule has 26 heavy (non-hydrogen) atoms. The molecular formula is C17H24ClN3O4S. The summed E-state index contributed by atoms with van der Waals surface area (Å²) < 4.78 is 7.36. The van der Waals surface area contributed by atoms with Gasteiger partial charge in [-0.3, -0.25) is 4.79 Å². The van der Waals surface area contributed by atoms with Gasteiger partial charge in [0, 0.05) is 22.1 Å². The first-order chi connectivity index (χ1) is 12.0. The zero-order chi connectivity index (χ0) is 18.3. The number of nitroso groups, excluding NO2 is 1. The second-order valence-electron chi connectivity index (χ2n) is 6.06. The lowest BCUT2D eigenvalue weighted by molar-refractivity contribution is -0.146. The quantitative estimate of drug-likeness (QED) is 0.429. The van der Waals surface area contributed by atoms with E-state index < -0.39 is 16.8 Å². The van der Waals surface area contributed by atoms with E-state index in [1.165, 1.54) is 0 Å². The summed E-state index contributed by atoms with van der Waals surface area (Å²) in [5.74, 6) is -0.907. The summed E-state index contributed by atoms with van der Waals surface area (Å²) in [7, 11) is 1.98. The average molecular weight is 402 g/mol. The van der Waals surface area contributed by atoms with Crippen LogP contribution in [-0.4, -0.2) is 54.3 Å². The van der Waals surface area contributed by atoms with Crippen molar-refractivity contribution in [1.82, 2.24) is 10.2 Å². The van der Waals surface area contributed by atoms with Crippen LogP contribution in [-0.2, 0) is 9.53 Å². The minimum atomic E-state index is -0.934. The number of hydrogen-bond acceptors (Lipinski definition) is 7. The molecule has 1 aliphatic heterocycles. The maximum atomic E-state index is 12.6. The molecule has 0 bridgehead atoms. The van der Waals surface area contributed by atoms with Crippen molar-refractivity contribution in [1.29, 1.82) is 0 Å². The number of benzene rings is 1. The van der Waals surface area contributed by atoms with Gasteiger partial charge in [-0.15, -0.1) is 17.3 Å². The van der Waals surface area contributed by atoms with Crippen LogP contribution in [0.2, 0.25) is 0 Å². The van der Waals surface area contributed by atoms with Gasteiger partial charge in [0.2, 0.25) is 0 Å². The number of ether oxygens (including phenoxy) is 1. The fourth-order valence-corrected chi connectivity index (χ4v) is 3.71. The zero-order valence-electron chi connectivity index (χ0n) is 14.8. The summed E-state index contributed by atoms with van der Waals surface area (Å²) in [6, 6.07) is 7.72. The largest absolute Gasteiger partial charge is 0.464 e. The Morgan fingerprint density at radius 1 is 1.31 bits per heavy atom. The number of esters is 1. The predicted molar refractivity (Wildman–Crippen MR) is 104 cm³/mol. The molecule has 1 aromatic rings. The summed E-state index contributed by atoms with van der Waals surface area (Å²) in [5.41, 5.74) is 0.448. The van der Waals surface area contributed by atoms with E-state index in [9.17, 15) is 14.5 Å². The molecule has 0 aliphatic carbocycles. The van der Waals surface area contributed by atoms with Gasteiger partial charge < -0.3 is 15.0 Å². The predicted octanol–water partition coefficient (Wildman–Crippen LogP) is 2.65. The molecule has 1 unspecified atom stereocenters. The van der Waals surface area contributed by atoms with E-state index in [1.807, 2.05) is 13.1 Å². The Bertz CT molecular complexity index is 609. The zero-order valence-corrected chi connectivity index (χ0v) is 16.5. The first-order valence-corrected chi connectivity index (χ1v) is 9.01. The Morgan fingerprint density at radius 2 is 1.92 bits per heavy atom. The smallest absolute Gasteiger partial charge is 0.330 e. The molecule has 2 rings (SSSR count). The Hall–Kier alpha value is -1.64. The number of nitrogens with zero attached hydrogens (tertiary/aromatic N) is 2. The number of halogens is 1. The Balaban J connectivity index is 0.00000338. The monoisotopic (exact) mass is 401 g/mol. The van der Waals surface area contributed by atoms with E-state index in [1.54, 1.807) is 31.2 Å². The lowest BCUT2D eigenvalue weighted by atomic mass is 9.88. The molecule has 1 aliphatic rings. The number of likely N-dealkylation sites (tertiary alicyclic amines) is 1. The maximum Gasteiger partial charge on any atom is 0.330 e. The van der Waals surface area contributed by atoms with Gasteiger partial charge in [-0.25, -0.2) is 4.79 Å². The van der Waals surface area contributed by atoms with Crippen LogP contribution in [0.3, 0.4) is 0 Å². The summed E-state index contributed by atoms with van der Waals surface area (Å²) in [6.45, 7) is 3.32. The van der Waals surface area contributed by atoms with Crippen LogP contribution in [0.5, 0.6) is 0 Å². The van der Waals surface area contributed by atoms with Crippen LogP contribution < -0.4 is 5.32 Å². The van der Waals surface area contributed by atoms with Crippen LogP contribution >= 0.6 is 24.4 Å². The topological polar surface area (TPSA) is 88.1 Å². The van der Waals surface area contributed by atoms with Gasteiger partial charge in [0.05, 0.1) is 11.4 Å². The number of nitrogens with one attached hydrogen (secondary N) is 1. The van der Waals surface area contributed by atoms with Crippen molar-refractivity contribution in [2.24, 2.45) is 4.58 Å². The van der Waals surface area contributed by atoms with Crippen LogP contribution in [0.15, 0.2) is 34.9 Å². The van der Waals surface area contributed by atoms with Crippen molar-refractivity contribution in [2.75, 3.05) is 26.7 Å². The van der Waals surface area contributed by atoms with Crippen molar-refractivity contribution in [3.8, 4) is 0 Å². The van der Waals surface area contributed by atoms with Gasteiger partial charge in [-0.1, -0.05) is 18.2 Å². The van der Waals surface area contributed by atoms with Gasteiger partial charge in [-0.2, -0.15) is 0 Å². The number of carbonyl (C=O) groups excluding carboxylic acids is 2. The van der Waals surface area contributed by atoms with E-state index in [4.69, 9.17) is 4.74 Å². The summed E-state index contributed by atoms with van der Waals surface area (Å²) in [5, 5.41) is 2.78. The van der Waals surface area contributed by atoms with E-state index in [0.717, 1.165) is 11.9 Å². The molecule has 7 nitrogen and oxygen atoms in total. The van der Waals surface area contributed by atoms with Crippen LogP contribution in [0.25, 0.3) is 0 Å². The number of rotatable bonds is 7. The normalized spacial score (nSPS) is 17.5. The lowest BCUT2D eigenvalue weighted by Crippen LogP contribution is -2.59. The second-order valence-corrected chi connectivity index (χ2v) is 7.20. The van der Waals surface area contributed by atoms with Gasteiger partial charge in [0.25, 0.3) is 5.91 Å². The first-order valence-electron chi connectivity index (χ1n) is 8.24. The SMILES string of the molecule is CCOC(=O)C(NC(=O)c1ccccc1)C1(SN=O)CCN(C)CC1.Cl. The van der Waals surface area contributed by atoms with Crippen LogP contribution in [0, 0.1) is 4.91 Å². The van der Waals surface area contributed by atoms with E-state index in [0.29, 0.717) is 31.5 Å². The molecule has 1 aromatic carbocycles. The third-order valence-corrected chi connectivity index (χ3v) is 5.49. The molecule has 1 heterocycles. The molecule has 1 amide bonds. The third-order valence-electron chi connectivity index (χ3n) is 4.41. The van der Waals surface area contributed by atoms with Crippen molar-refractivity contribution in [3.05, 3.63) is 40.8 Å². The molecule has 9 heteroatoms. The highest BCUT2D eigenvalue weighted by atomic mass is 35.5. The van der Waals surface area contributed by atoms with Crippen molar-refractivity contribution < 1.29 is 14.3 Å². The Kier molecular flexibility index (Phi) is 9.04. The minimum Gasteiger partial charge on any atom is -0.464 e. The van der Waals surface area contributed by atoms with Crippen molar-refractivity contribution >= 4 is 36.2 Å². The molecule has 0 aromatic heterocycles. The number of piperidine rings is 1. The molecular weight excluding hydrogens is 378 g/mol. The minimum absolute atomic E-state index is 0. The number of amides is 1. The van der Waals surface area contributed by atoms with E-state index in [2.05, 4.69) is 14.8 Å². The van der Waals surface area contributed by atoms with Crippen LogP contribution in [0.4, 0.5) is 0 Å². The van der Waals surface area contributed by atoms with Gasteiger partial charge in [0.1, 0.15) is 6.04 Å². The summed E-state index contributed by atoms with van der Waals surface area (Å²) in [4.78, 5) is 38.3. The number of hydrogen-bond donors (Lipinski definition) is 1.